The molecule has 2 aromatic carbocycles. The van der Waals surface area contributed by atoms with Gasteiger partial charge < -0.3 is 5.32 Å². The van der Waals surface area contributed by atoms with Crippen molar-refractivity contribution in [2.45, 2.75) is 6.54 Å². The minimum absolute atomic E-state index is 0.0283. The Labute approximate surface area is 141 Å². The van der Waals surface area contributed by atoms with Gasteiger partial charge in [-0.2, -0.15) is 0 Å². The van der Waals surface area contributed by atoms with Crippen molar-refractivity contribution in [2.24, 2.45) is 0 Å². The Morgan fingerprint density at radius 3 is 2.50 bits per heavy atom. The van der Waals surface area contributed by atoms with E-state index in [1.165, 1.54) is 24.3 Å². The minimum atomic E-state index is -0.541. The second-order valence-electron chi connectivity index (χ2n) is 5.18. The molecule has 0 heterocycles. The molecule has 0 atom stereocenters. The van der Waals surface area contributed by atoms with Crippen LogP contribution in [0.2, 0.25) is 5.02 Å². The first-order chi connectivity index (χ1) is 11.5. The zero-order chi connectivity index (χ0) is 17.3. The van der Waals surface area contributed by atoms with Crippen LogP contribution in [-0.4, -0.2) is 16.5 Å². The Morgan fingerprint density at radius 1 is 1.08 bits per heavy atom. The quantitative estimate of drug-likeness (QED) is 0.680. The minimum Gasteiger partial charge on any atom is -0.377 e. The number of rotatable bonds is 4. The number of nitro benzene ring substituents is 1. The number of nitro groups is 1. The highest BCUT2D eigenvalue weighted by Crippen LogP contribution is 2.24. The van der Waals surface area contributed by atoms with Gasteiger partial charge in [-0.3, -0.25) is 19.7 Å². The number of carbonyl (C=O) groups excluding carboxylic acids is 2. The third-order valence-corrected chi connectivity index (χ3v) is 3.91. The molecule has 0 spiro atoms. The molecule has 0 aliphatic heterocycles. The van der Waals surface area contributed by atoms with Gasteiger partial charge >= 0.3 is 0 Å². The molecule has 1 aliphatic carbocycles. The summed E-state index contributed by atoms with van der Waals surface area (Å²) in [7, 11) is 0. The average Bonchev–Trinajstić information content (AvgIpc) is 2.57. The van der Waals surface area contributed by atoms with E-state index in [1.54, 1.807) is 24.3 Å². The maximum atomic E-state index is 12.4. The Hall–Kier alpha value is -2.99. The number of nitrogens with zero attached hydrogens (tertiary/aromatic N) is 1. The van der Waals surface area contributed by atoms with E-state index >= 15 is 0 Å². The molecule has 1 N–H and O–H groups in total. The first-order valence-corrected chi connectivity index (χ1v) is 7.41. The van der Waals surface area contributed by atoms with E-state index < -0.39 is 4.92 Å². The lowest BCUT2D eigenvalue weighted by Crippen LogP contribution is -2.26. The number of nitrogens with one attached hydrogen (secondary N) is 1. The van der Waals surface area contributed by atoms with Crippen molar-refractivity contribution in [1.29, 1.82) is 0 Å². The van der Waals surface area contributed by atoms with Crippen LogP contribution in [0.25, 0.3) is 0 Å². The second-order valence-corrected chi connectivity index (χ2v) is 5.62. The molecule has 0 saturated heterocycles. The summed E-state index contributed by atoms with van der Waals surface area (Å²) in [6.07, 6.45) is 1.21. The van der Waals surface area contributed by atoms with E-state index in [-0.39, 0.29) is 34.5 Å². The summed E-state index contributed by atoms with van der Waals surface area (Å²) in [5.41, 5.74) is 1.00. The second kappa shape index (κ2) is 6.25. The molecule has 3 rings (SSSR count). The van der Waals surface area contributed by atoms with Crippen molar-refractivity contribution in [1.82, 2.24) is 5.32 Å². The van der Waals surface area contributed by atoms with E-state index in [2.05, 4.69) is 5.32 Å². The van der Waals surface area contributed by atoms with Gasteiger partial charge in [0, 0.05) is 40.4 Å². The van der Waals surface area contributed by atoms with E-state index in [0.717, 1.165) is 0 Å². The van der Waals surface area contributed by atoms with Gasteiger partial charge in [0.05, 0.1) is 10.6 Å². The number of Topliss-reactive ketones (excluding diaryl/α,β-unsaturated/α-hetero) is 1. The molecule has 0 saturated carbocycles. The van der Waals surface area contributed by atoms with Crippen LogP contribution in [0.5, 0.6) is 0 Å². The summed E-state index contributed by atoms with van der Waals surface area (Å²) >= 11 is 5.77. The molecule has 1 aliphatic rings. The number of hydrogen-bond acceptors (Lipinski definition) is 5. The fraction of sp³-hybridized carbons (Fsp3) is 0.0588. The van der Waals surface area contributed by atoms with Crippen LogP contribution in [0.1, 0.15) is 26.3 Å². The van der Waals surface area contributed by atoms with Gasteiger partial charge in [0.15, 0.2) is 5.78 Å². The lowest BCUT2D eigenvalue weighted by molar-refractivity contribution is -0.385. The number of fused-ring (bicyclic) bond motifs is 1. The third-order valence-electron chi connectivity index (χ3n) is 3.67. The highest BCUT2D eigenvalue weighted by atomic mass is 35.5. The summed E-state index contributed by atoms with van der Waals surface area (Å²) in [6, 6.07) is 10.8. The highest BCUT2D eigenvalue weighted by Gasteiger charge is 2.25. The maximum absolute atomic E-state index is 12.4. The summed E-state index contributed by atoms with van der Waals surface area (Å²) in [5, 5.41) is 14.2. The predicted molar refractivity (Wildman–Crippen MR) is 88.1 cm³/mol. The molecule has 120 valence electrons. The van der Waals surface area contributed by atoms with Gasteiger partial charge in [-0.05, 0) is 12.1 Å². The highest BCUT2D eigenvalue weighted by molar-refractivity contribution is 6.30. The van der Waals surface area contributed by atoms with Crippen LogP contribution in [0, 0.1) is 10.1 Å². The Kier molecular flexibility index (Phi) is 4.14. The van der Waals surface area contributed by atoms with E-state index in [0.29, 0.717) is 16.7 Å². The molecule has 0 bridgehead atoms. The van der Waals surface area contributed by atoms with Crippen LogP contribution < -0.4 is 5.32 Å². The van der Waals surface area contributed by atoms with Crippen molar-refractivity contribution in [3.05, 3.63) is 86.1 Å². The molecular weight excluding hydrogens is 332 g/mol. The monoisotopic (exact) mass is 342 g/mol. The van der Waals surface area contributed by atoms with Crippen LogP contribution in [0.15, 0.2) is 54.2 Å². The first-order valence-electron chi connectivity index (χ1n) is 7.04. The molecule has 7 heteroatoms. The predicted octanol–water partition coefficient (Wildman–Crippen LogP) is 3.30. The van der Waals surface area contributed by atoms with Gasteiger partial charge in [-0.1, -0.05) is 35.9 Å². The zero-order valence-electron chi connectivity index (χ0n) is 12.3. The molecule has 0 aromatic heterocycles. The van der Waals surface area contributed by atoms with Crippen molar-refractivity contribution in [3.63, 3.8) is 0 Å². The third kappa shape index (κ3) is 2.91. The SMILES string of the molecule is O=C1C=C(NCc2ccc(Cl)cc2[N+](=O)[O-])C(=O)c2ccccc21. The van der Waals surface area contributed by atoms with Crippen molar-refractivity contribution in [3.8, 4) is 0 Å². The van der Waals surface area contributed by atoms with Gasteiger partial charge in [0.25, 0.3) is 5.69 Å². The Bertz CT molecular complexity index is 905. The number of halogens is 1. The average molecular weight is 343 g/mol. The summed E-state index contributed by atoms with van der Waals surface area (Å²) in [4.78, 5) is 35.0. The zero-order valence-corrected chi connectivity index (χ0v) is 13.0. The van der Waals surface area contributed by atoms with Gasteiger partial charge in [-0.25, -0.2) is 0 Å². The number of carbonyl (C=O) groups is 2. The summed E-state index contributed by atoms with van der Waals surface area (Å²) in [6.45, 7) is 0.0283. The molecule has 6 nitrogen and oxygen atoms in total. The van der Waals surface area contributed by atoms with E-state index in [1.807, 2.05) is 0 Å². The molecule has 0 amide bonds. The molecule has 0 unspecified atom stereocenters. The molecule has 0 radical (unpaired) electrons. The summed E-state index contributed by atoms with van der Waals surface area (Å²) < 4.78 is 0. The van der Waals surface area contributed by atoms with Crippen molar-refractivity contribution in [2.75, 3.05) is 0 Å². The molecule has 0 fully saturated rings. The van der Waals surface area contributed by atoms with Crippen molar-refractivity contribution < 1.29 is 14.5 Å². The van der Waals surface area contributed by atoms with Crippen LogP contribution >= 0.6 is 11.6 Å². The number of allylic oxidation sites excluding steroid dienone is 2. The lowest BCUT2D eigenvalue weighted by Gasteiger charge is -2.16. The maximum Gasteiger partial charge on any atom is 0.275 e. The van der Waals surface area contributed by atoms with Gasteiger partial charge in [0.1, 0.15) is 0 Å². The number of benzene rings is 2. The largest absolute Gasteiger partial charge is 0.377 e. The van der Waals surface area contributed by atoms with Crippen LogP contribution in [-0.2, 0) is 6.54 Å². The van der Waals surface area contributed by atoms with Gasteiger partial charge in [-0.15, -0.1) is 0 Å². The van der Waals surface area contributed by atoms with E-state index in [4.69, 9.17) is 11.6 Å². The lowest BCUT2D eigenvalue weighted by atomic mass is 9.92. The van der Waals surface area contributed by atoms with Gasteiger partial charge in [0.2, 0.25) is 5.78 Å². The first kappa shape index (κ1) is 15.9. The smallest absolute Gasteiger partial charge is 0.275 e. The Morgan fingerprint density at radius 2 is 1.79 bits per heavy atom. The van der Waals surface area contributed by atoms with Crippen LogP contribution in [0.4, 0.5) is 5.69 Å². The summed E-state index contributed by atoms with van der Waals surface area (Å²) in [5.74, 6) is -0.597. The molecule has 24 heavy (non-hydrogen) atoms. The number of hydrogen-bond donors (Lipinski definition) is 1. The van der Waals surface area contributed by atoms with Crippen LogP contribution in [0.3, 0.4) is 0 Å². The van der Waals surface area contributed by atoms with Crippen molar-refractivity contribution >= 4 is 28.9 Å². The standard InChI is InChI=1S/C17H11ClN2O4/c18-11-6-5-10(15(7-11)20(23)24)9-19-14-8-16(21)12-3-1-2-4-13(12)17(14)22/h1-8,19H,9H2. The normalized spacial score (nSPS) is 13.3. The Balaban J connectivity index is 1.85. The fourth-order valence-electron chi connectivity index (χ4n) is 2.49. The van der Waals surface area contributed by atoms with E-state index in [9.17, 15) is 19.7 Å². The number of ketones is 2. The fourth-order valence-corrected chi connectivity index (χ4v) is 2.66. The molecular formula is C17H11ClN2O4. The molecule has 2 aromatic rings. The topological polar surface area (TPSA) is 89.3 Å².